The third kappa shape index (κ3) is 5.87. The van der Waals surface area contributed by atoms with E-state index in [1.807, 2.05) is 18.2 Å². The lowest BCUT2D eigenvalue weighted by Gasteiger charge is -2.21. The number of nitrogens with one attached hydrogen (secondary N) is 2. The number of amides is 1. The summed E-state index contributed by atoms with van der Waals surface area (Å²) in [5, 5.41) is 4.13. The Morgan fingerprint density at radius 3 is 2.75 bits per heavy atom. The molecule has 36 heavy (non-hydrogen) atoms. The molecule has 0 saturated carbocycles. The number of hydrogen-bond donors (Lipinski definition) is 2. The van der Waals surface area contributed by atoms with Gasteiger partial charge in [-0.3, -0.25) is 14.7 Å². The second-order valence-electron chi connectivity index (χ2n) is 8.97. The van der Waals surface area contributed by atoms with Crippen LogP contribution in [0.3, 0.4) is 0 Å². The van der Waals surface area contributed by atoms with Crippen molar-refractivity contribution in [2.75, 3.05) is 6.54 Å². The molecule has 0 aliphatic heterocycles. The summed E-state index contributed by atoms with van der Waals surface area (Å²) in [7, 11) is 0. The second kappa shape index (κ2) is 11.0. The zero-order valence-electron chi connectivity index (χ0n) is 20.3. The van der Waals surface area contributed by atoms with E-state index < -0.39 is 0 Å². The van der Waals surface area contributed by atoms with Gasteiger partial charge in [0.05, 0.1) is 6.54 Å². The van der Waals surface area contributed by atoms with Gasteiger partial charge in [-0.1, -0.05) is 48.0 Å². The van der Waals surface area contributed by atoms with Gasteiger partial charge < -0.3 is 14.7 Å². The zero-order valence-corrected chi connectivity index (χ0v) is 20.3. The monoisotopic (exact) mass is 479 g/mol. The quantitative estimate of drug-likeness (QED) is 0.293. The first-order valence-corrected chi connectivity index (χ1v) is 12.1. The highest BCUT2D eigenvalue weighted by Crippen LogP contribution is 2.20. The number of aryl methyl sites for hydroxylation is 1. The lowest BCUT2D eigenvalue weighted by Crippen LogP contribution is -2.26. The average Bonchev–Trinajstić information content (AvgIpc) is 3.54. The first-order chi connectivity index (χ1) is 17.6. The Balaban J connectivity index is 1.27. The van der Waals surface area contributed by atoms with E-state index in [1.165, 1.54) is 28.3 Å². The standard InChI is InChI=1S/C29H29N5O2/c1-21-5-4-6-23(15-21)18-34(14-11-24-17-31-26-8-3-2-7-25(24)26)19-28-33-27(20-36-28)29(35)32-16-22-9-12-30-13-10-22/h2-10,12-13,15,17,20,31H,11,14,16,18-19H2,1H3,(H,32,35). The molecule has 0 saturated heterocycles. The van der Waals surface area contributed by atoms with Gasteiger partial charge in [0, 0.05) is 49.1 Å². The number of rotatable bonds is 10. The molecule has 7 nitrogen and oxygen atoms in total. The summed E-state index contributed by atoms with van der Waals surface area (Å²) in [6.07, 6.45) is 7.81. The molecule has 0 aliphatic rings. The van der Waals surface area contributed by atoms with Crippen molar-refractivity contribution in [3.8, 4) is 0 Å². The fraction of sp³-hybridized carbons (Fsp3) is 0.207. The van der Waals surface area contributed by atoms with Gasteiger partial charge in [0.2, 0.25) is 5.89 Å². The molecule has 3 aromatic heterocycles. The fourth-order valence-electron chi connectivity index (χ4n) is 4.35. The predicted molar refractivity (Wildman–Crippen MR) is 139 cm³/mol. The minimum Gasteiger partial charge on any atom is -0.447 e. The minimum atomic E-state index is -0.258. The van der Waals surface area contributed by atoms with Crippen LogP contribution in [0.15, 0.2) is 89.9 Å². The number of benzene rings is 2. The number of carbonyl (C=O) groups excluding carboxylic acids is 1. The molecule has 0 radical (unpaired) electrons. The van der Waals surface area contributed by atoms with E-state index in [9.17, 15) is 4.79 Å². The number of pyridine rings is 1. The Morgan fingerprint density at radius 2 is 1.89 bits per heavy atom. The van der Waals surface area contributed by atoms with Gasteiger partial charge in [0.25, 0.3) is 5.91 Å². The first kappa shape index (κ1) is 23.5. The molecule has 5 rings (SSSR count). The van der Waals surface area contributed by atoms with E-state index in [4.69, 9.17) is 4.42 Å². The maximum absolute atomic E-state index is 12.6. The summed E-state index contributed by atoms with van der Waals surface area (Å²) in [5.74, 6) is 0.265. The van der Waals surface area contributed by atoms with Crippen molar-refractivity contribution in [2.45, 2.75) is 33.0 Å². The summed E-state index contributed by atoms with van der Waals surface area (Å²) >= 11 is 0. The number of hydrogen-bond acceptors (Lipinski definition) is 5. The number of H-pyrrole nitrogens is 1. The molecule has 1 amide bonds. The Hall–Kier alpha value is -4.23. The number of aromatic amines is 1. The van der Waals surface area contributed by atoms with Crippen LogP contribution >= 0.6 is 0 Å². The van der Waals surface area contributed by atoms with Crippen LogP contribution in [0.25, 0.3) is 10.9 Å². The highest BCUT2D eigenvalue weighted by Gasteiger charge is 2.16. The van der Waals surface area contributed by atoms with Crippen molar-refractivity contribution in [3.05, 3.63) is 119 Å². The Bertz CT molecular complexity index is 1440. The summed E-state index contributed by atoms with van der Waals surface area (Å²) in [6, 6.07) is 20.6. The van der Waals surface area contributed by atoms with Gasteiger partial charge in [0.15, 0.2) is 5.69 Å². The Kier molecular flexibility index (Phi) is 7.19. The van der Waals surface area contributed by atoms with Crippen molar-refractivity contribution in [1.82, 2.24) is 25.2 Å². The SMILES string of the molecule is Cc1cccc(CN(CCc2c[nH]c3ccccc23)Cc2nc(C(=O)NCc3ccncc3)co2)c1. The fourth-order valence-corrected chi connectivity index (χ4v) is 4.35. The van der Waals surface area contributed by atoms with Crippen LogP contribution in [-0.2, 0) is 26.1 Å². The number of nitrogens with zero attached hydrogens (tertiary/aromatic N) is 3. The number of oxazole rings is 1. The summed E-state index contributed by atoms with van der Waals surface area (Å²) < 4.78 is 5.71. The highest BCUT2D eigenvalue weighted by atomic mass is 16.3. The normalized spacial score (nSPS) is 11.3. The Morgan fingerprint density at radius 1 is 1.03 bits per heavy atom. The van der Waals surface area contributed by atoms with Crippen LogP contribution in [0.1, 0.15) is 38.6 Å². The molecule has 0 atom stereocenters. The van der Waals surface area contributed by atoms with Crippen LogP contribution in [0, 0.1) is 6.92 Å². The Labute approximate surface area is 210 Å². The molecule has 2 aromatic carbocycles. The van der Waals surface area contributed by atoms with E-state index >= 15 is 0 Å². The van der Waals surface area contributed by atoms with Gasteiger partial charge >= 0.3 is 0 Å². The minimum absolute atomic E-state index is 0.258. The van der Waals surface area contributed by atoms with Crippen molar-refractivity contribution in [3.63, 3.8) is 0 Å². The summed E-state index contributed by atoms with van der Waals surface area (Å²) in [4.78, 5) is 26.7. The molecule has 0 unspecified atom stereocenters. The molecule has 5 aromatic rings. The number of carbonyl (C=O) groups is 1. The molecule has 0 fully saturated rings. The molecule has 0 aliphatic carbocycles. The van der Waals surface area contributed by atoms with Crippen molar-refractivity contribution >= 4 is 16.8 Å². The van der Waals surface area contributed by atoms with Crippen molar-refractivity contribution < 1.29 is 9.21 Å². The molecular formula is C29H29N5O2. The first-order valence-electron chi connectivity index (χ1n) is 12.1. The molecular weight excluding hydrogens is 450 g/mol. The van der Waals surface area contributed by atoms with Crippen LogP contribution < -0.4 is 5.32 Å². The molecule has 0 bridgehead atoms. The van der Waals surface area contributed by atoms with E-state index in [0.29, 0.717) is 19.0 Å². The third-order valence-electron chi connectivity index (χ3n) is 6.21. The molecule has 7 heteroatoms. The van der Waals surface area contributed by atoms with Crippen LogP contribution in [-0.4, -0.2) is 32.3 Å². The molecule has 3 heterocycles. The average molecular weight is 480 g/mol. The topological polar surface area (TPSA) is 87.0 Å². The maximum Gasteiger partial charge on any atom is 0.273 e. The molecule has 182 valence electrons. The van der Waals surface area contributed by atoms with Crippen LogP contribution in [0.5, 0.6) is 0 Å². The van der Waals surface area contributed by atoms with Gasteiger partial charge in [-0.15, -0.1) is 0 Å². The predicted octanol–water partition coefficient (Wildman–Crippen LogP) is 5.03. The molecule has 0 spiro atoms. The van der Waals surface area contributed by atoms with E-state index in [0.717, 1.165) is 30.6 Å². The van der Waals surface area contributed by atoms with Crippen LogP contribution in [0.4, 0.5) is 0 Å². The number of para-hydroxylation sites is 1. The third-order valence-corrected chi connectivity index (χ3v) is 6.21. The van der Waals surface area contributed by atoms with Crippen molar-refractivity contribution in [2.24, 2.45) is 0 Å². The largest absolute Gasteiger partial charge is 0.447 e. The maximum atomic E-state index is 12.6. The lowest BCUT2D eigenvalue weighted by atomic mass is 10.1. The smallest absolute Gasteiger partial charge is 0.273 e. The summed E-state index contributed by atoms with van der Waals surface area (Å²) in [6.45, 7) is 4.60. The number of aromatic nitrogens is 3. The van der Waals surface area contributed by atoms with Gasteiger partial charge in [-0.05, 0) is 48.2 Å². The number of fused-ring (bicyclic) bond motifs is 1. The van der Waals surface area contributed by atoms with Crippen LogP contribution in [0.2, 0.25) is 0 Å². The highest BCUT2D eigenvalue weighted by molar-refractivity contribution is 5.91. The van der Waals surface area contributed by atoms with Gasteiger partial charge in [-0.25, -0.2) is 4.98 Å². The van der Waals surface area contributed by atoms with Crippen molar-refractivity contribution in [1.29, 1.82) is 0 Å². The second-order valence-corrected chi connectivity index (χ2v) is 8.97. The zero-order chi connectivity index (χ0) is 24.7. The van der Waals surface area contributed by atoms with E-state index in [1.54, 1.807) is 12.4 Å². The molecule has 2 N–H and O–H groups in total. The van der Waals surface area contributed by atoms with Gasteiger partial charge in [-0.2, -0.15) is 0 Å². The van der Waals surface area contributed by atoms with E-state index in [-0.39, 0.29) is 11.6 Å². The van der Waals surface area contributed by atoms with E-state index in [2.05, 4.69) is 80.8 Å². The lowest BCUT2D eigenvalue weighted by molar-refractivity contribution is 0.0945. The van der Waals surface area contributed by atoms with Gasteiger partial charge in [0.1, 0.15) is 6.26 Å². The summed E-state index contributed by atoms with van der Waals surface area (Å²) in [5.41, 5.74) is 6.15.